The van der Waals surface area contributed by atoms with Crippen LogP contribution in [0.2, 0.25) is 0 Å². The van der Waals surface area contributed by atoms with Gasteiger partial charge in [-0.25, -0.2) is 15.0 Å². The Balaban J connectivity index is 1.24. The molecule has 0 bridgehead atoms. The molecule has 236 valence electrons. The highest BCUT2D eigenvalue weighted by atomic mass is 16.3. The quantitative estimate of drug-likeness (QED) is 0.171. The maximum atomic E-state index is 9.28. The van der Waals surface area contributed by atoms with E-state index < -0.39 is 102 Å². The van der Waals surface area contributed by atoms with Gasteiger partial charge in [0, 0.05) is 44.5 Å². The fourth-order valence-corrected chi connectivity index (χ4v) is 5.70. The number of hydrogen-bond acceptors (Lipinski definition) is 5. The Morgan fingerprint density at radius 3 is 1.60 bits per heavy atom. The van der Waals surface area contributed by atoms with E-state index in [-0.39, 0.29) is 11.1 Å². The number of rotatable bonds is 7. The summed E-state index contributed by atoms with van der Waals surface area (Å²) in [6.07, 6.45) is 0. The maximum absolute atomic E-state index is 9.28. The molecule has 2 heterocycles. The Hall–Kier alpha value is -6.85. The third-order valence-corrected chi connectivity index (χ3v) is 7.98. The summed E-state index contributed by atoms with van der Waals surface area (Å²) in [5.74, 6) is 1.29. The fourth-order valence-electron chi connectivity index (χ4n) is 5.70. The molecule has 50 heavy (non-hydrogen) atoms. The summed E-state index contributed by atoms with van der Waals surface area (Å²) in [5, 5.41) is 1.29. The molecule has 7 aromatic carbocycles. The van der Waals surface area contributed by atoms with E-state index in [1.165, 1.54) is 0 Å². The highest BCUT2D eigenvalue weighted by molar-refractivity contribution is 6.12. The number of fused-ring (bicyclic) bond motifs is 3. The number of anilines is 3. The van der Waals surface area contributed by atoms with Crippen LogP contribution in [0.25, 0.3) is 67.2 Å². The Kier molecular flexibility index (Phi) is 4.57. The second-order valence-electron chi connectivity index (χ2n) is 11.0. The summed E-state index contributed by atoms with van der Waals surface area (Å²) in [6.45, 7) is 0. The van der Waals surface area contributed by atoms with Crippen molar-refractivity contribution >= 4 is 39.0 Å². The van der Waals surface area contributed by atoms with E-state index >= 15 is 0 Å². The SMILES string of the molecule is [2H]c1c([2H])c([2H])c(N(c2c([2H])c([2H])c([2H])c([2H])c2[2H])c2c([2H])c([2H])c(-c3ccc4c(c3)oc3cccc(-c5nc(-c6ccccc6)nc(-c6ccccc6)n5)c34)c([2H])c2[2H])c([2H])c1[2H]. The standard InChI is InChI=1S/C45H30N4O/c1-5-14-32(15-6-1)43-46-44(33-16-7-2-8-17-33)48-45(47-43)39-22-13-23-40-42(39)38-29-26-34(30-41(38)50-40)31-24-27-37(28-25-31)49(35-18-9-3-10-19-35)36-20-11-4-12-21-36/h1-30H/i3D,4D,9D,10D,11D,12D,18D,19D,20D,21D,24D,25D,27D,28D. The topological polar surface area (TPSA) is 55.1 Å². The van der Waals surface area contributed by atoms with Crippen molar-refractivity contribution in [1.29, 1.82) is 0 Å². The first kappa shape index (κ1) is 18.1. The average molecular weight is 657 g/mol. The molecule has 0 N–H and O–H groups in total. The number of benzene rings is 7. The predicted octanol–water partition coefficient (Wildman–Crippen LogP) is 11.9. The minimum atomic E-state index is -0.877. The second-order valence-corrected chi connectivity index (χ2v) is 11.0. The van der Waals surface area contributed by atoms with Crippen molar-refractivity contribution in [2.24, 2.45) is 0 Å². The summed E-state index contributed by atoms with van der Waals surface area (Å²) < 4.78 is 128. The minimum absolute atomic E-state index is 0.194. The van der Waals surface area contributed by atoms with Crippen LogP contribution in [0.3, 0.4) is 0 Å². The Labute approximate surface area is 309 Å². The first-order chi connectivity index (χ1) is 30.6. The average Bonchev–Trinajstić information content (AvgIpc) is 3.69. The molecule has 0 unspecified atom stereocenters. The third kappa shape index (κ3) is 5.47. The molecule has 9 aromatic rings. The molecule has 0 saturated heterocycles. The summed E-state index contributed by atoms with van der Waals surface area (Å²) in [5.41, 5.74) is 0.789. The summed E-state index contributed by atoms with van der Waals surface area (Å²) >= 11 is 0. The molecule has 0 spiro atoms. The molecule has 0 atom stereocenters. The van der Waals surface area contributed by atoms with Crippen LogP contribution in [-0.4, -0.2) is 15.0 Å². The van der Waals surface area contributed by atoms with E-state index in [1.54, 1.807) is 30.3 Å². The van der Waals surface area contributed by atoms with Crippen LogP contribution in [0.15, 0.2) is 186 Å². The molecular formula is C45H30N4O. The summed E-state index contributed by atoms with van der Waals surface area (Å²) in [7, 11) is 0. The van der Waals surface area contributed by atoms with Gasteiger partial charge < -0.3 is 9.32 Å². The van der Waals surface area contributed by atoms with Crippen molar-refractivity contribution in [3.63, 3.8) is 0 Å². The van der Waals surface area contributed by atoms with Gasteiger partial charge in [0.15, 0.2) is 17.5 Å². The van der Waals surface area contributed by atoms with E-state index in [9.17, 15) is 5.48 Å². The van der Waals surface area contributed by atoms with E-state index in [4.69, 9.17) is 33.1 Å². The number of aromatic nitrogens is 3. The summed E-state index contributed by atoms with van der Waals surface area (Å²) in [6, 6.07) is 18.0. The van der Waals surface area contributed by atoms with Gasteiger partial charge in [-0.2, -0.15) is 0 Å². The van der Waals surface area contributed by atoms with Gasteiger partial charge in [0.05, 0.1) is 19.2 Å². The van der Waals surface area contributed by atoms with Crippen molar-refractivity contribution in [2.75, 3.05) is 4.90 Å². The highest BCUT2D eigenvalue weighted by Gasteiger charge is 2.18. The molecule has 5 nitrogen and oxygen atoms in total. The molecule has 0 saturated carbocycles. The number of para-hydroxylation sites is 2. The molecular weight excluding hydrogens is 613 g/mol. The molecule has 0 aliphatic heterocycles. The molecule has 5 heteroatoms. The van der Waals surface area contributed by atoms with Crippen LogP contribution >= 0.6 is 0 Å². The van der Waals surface area contributed by atoms with Crippen molar-refractivity contribution in [1.82, 2.24) is 15.0 Å². The van der Waals surface area contributed by atoms with Crippen LogP contribution in [-0.2, 0) is 0 Å². The van der Waals surface area contributed by atoms with Gasteiger partial charge in [-0.3, -0.25) is 0 Å². The number of furan rings is 1. The Morgan fingerprint density at radius 1 is 0.440 bits per heavy atom. The zero-order valence-electron chi connectivity index (χ0n) is 39.9. The van der Waals surface area contributed by atoms with Gasteiger partial charge in [0.2, 0.25) is 0 Å². The molecule has 0 aliphatic carbocycles. The van der Waals surface area contributed by atoms with E-state index in [0.717, 1.165) is 11.1 Å². The molecule has 0 fully saturated rings. The zero-order chi connectivity index (χ0) is 45.5. The van der Waals surface area contributed by atoms with Gasteiger partial charge in [0.25, 0.3) is 0 Å². The van der Waals surface area contributed by atoms with E-state index in [1.807, 2.05) is 66.7 Å². The lowest BCUT2D eigenvalue weighted by Crippen LogP contribution is -2.09. The molecule has 2 aromatic heterocycles. The van der Waals surface area contributed by atoms with Crippen molar-refractivity contribution in [3.05, 3.63) is 182 Å². The van der Waals surface area contributed by atoms with Gasteiger partial charge in [0.1, 0.15) is 11.2 Å². The van der Waals surface area contributed by atoms with Gasteiger partial charge >= 0.3 is 0 Å². The van der Waals surface area contributed by atoms with Gasteiger partial charge in [-0.05, 0) is 65.6 Å². The van der Waals surface area contributed by atoms with Crippen molar-refractivity contribution in [2.45, 2.75) is 0 Å². The molecule has 9 rings (SSSR count). The molecule has 0 aliphatic rings. The van der Waals surface area contributed by atoms with Crippen molar-refractivity contribution in [3.8, 4) is 45.3 Å². The lowest BCUT2D eigenvalue weighted by Gasteiger charge is -2.25. The first-order valence-corrected chi connectivity index (χ1v) is 15.5. The highest BCUT2D eigenvalue weighted by Crippen LogP contribution is 2.39. The first-order valence-electron chi connectivity index (χ1n) is 22.5. The minimum Gasteiger partial charge on any atom is -0.456 e. The smallest absolute Gasteiger partial charge is 0.164 e. The van der Waals surface area contributed by atoms with E-state index in [2.05, 4.69) is 0 Å². The van der Waals surface area contributed by atoms with Gasteiger partial charge in [-0.15, -0.1) is 0 Å². The largest absolute Gasteiger partial charge is 0.456 e. The Morgan fingerprint density at radius 2 is 1.00 bits per heavy atom. The lowest BCUT2D eigenvalue weighted by molar-refractivity contribution is 0.669. The monoisotopic (exact) mass is 656 g/mol. The predicted molar refractivity (Wildman–Crippen MR) is 204 cm³/mol. The normalized spacial score (nSPS) is 15.1. The van der Waals surface area contributed by atoms with E-state index in [0.29, 0.717) is 49.9 Å². The van der Waals surface area contributed by atoms with Crippen LogP contribution in [0.5, 0.6) is 0 Å². The zero-order valence-corrected chi connectivity index (χ0v) is 25.9. The molecule has 0 amide bonds. The second kappa shape index (κ2) is 12.6. The van der Waals surface area contributed by atoms with Crippen LogP contribution in [0.4, 0.5) is 17.1 Å². The van der Waals surface area contributed by atoms with Crippen LogP contribution in [0, 0.1) is 0 Å². The lowest BCUT2D eigenvalue weighted by atomic mass is 10.0. The Bertz CT molecular complexity index is 3190. The third-order valence-electron chi connectivity index (χ3n) is 7.98. The summed E-state index contributed by atoms with van der Waals surface area (Å²) in [4.78, 5) is 15.2. The van der Waals surface area contributed by atoms with Crippen LogP contribution in [0.1, 0.15) is 19.2 Å². The van der Waals surface area contributed by atoms with Crippen molar-refractivity contribution < 1.29 is 23.6 Å². The van der Waals surface area contributed by atoms with Crippen LogP contribution < -0.4 is 4.90 Å². The number of hydrogen-bond donors (Lipinski definition) is 0. The van der Waals surface area contributed by atoms with Gasteiger partial charge in [-0.1, -0.05) is 127 Å². The molecule has 0 radical (unpaired) electrons. The number of nitrogens with zero attached hydrogens (tertiary/aromatic N) is 4. The fraction of sp³-hybridized carbons (Fsp3) is 0. The maximum Gasteiger partial charge on any atom is 0.164 e.